The Hall–Kier alpha value is -1.62. The lowest BCUT2D eigenvalue weighted by molar-refractivity contribution is 0.0697. The number of nitrogens with zero attached hydrogens (tertiary/aromatic N) is 2. The van der Waals surface area contributed by atoms with Crippen molar-refractivity contribution in [1.29, 1.82) is 0 Å². The van der Waals surface area contributed by atoms with Crippen LogP contribution in [0.3, 0.4) is 0 Å². The Morgan fingerprint density at radius 3 is 2.74 bits per heavy atom. The number of carboxylic acid groups (broad SMARTS) is 1. The Balaban J connectivity index is 2.53. The van der Waals surface area contributed by atoms with Crippen LogP contribution in [0.25, 0.3) is 0 Å². The van der Waals surface area contributed by atoms with Gasteiger partial charge in [-0.05, 0) is 52.9 Å². The molecular formula is C14H23N3O2. The average Bonchev–Trinajstić information content (AvgIpc) is 2.33. The maximum absolute atomic E-state index is 11.1. The highest BCUT2D eigenvalue weighted by atomic mass is 16.4. The van der Waals surface area contributed by atoms with Crippen LogP contribution in [0, 0.1) is 6.92 Å². The summed E-state index contributed by atoms with van der Waals surface area (Å²) in [5.74, 6) is -0.492. The monoisotopic (exact) mass is 265 g/mol. The highest BCUT2D eigenvalue weighted by Crippen LogP contribution is 2.13. The molecule has 0 saturated heterocycles. The first-order valence-corrected chi connectivity index (χ1v) is 6.57. The van der Waals surface area contributed by atoms with Crippen LogP contribution >= 0.6 is 0 Å². The third kappa shape index (κ3) is 4.87. The molecule has 0 amide bonds. The third-order valence-electron chi connectivity index (χ3n) is 3.13. The fourth-order valence-corrected chi connectivity index (χ4v) is 1.66. The van der Waals surface area contributed by atoms with Crippen molar-refractivity contribution in [3.8, 4) is 0 Å². The molecule has 0 aromatic carbocycles. The first-order chi connectivity index (χ1) is 8.91. The van der Waals surface area contributed by atoms with Crippen molar-refractivity contribution in [2.24, 2.45) is 0 Å². The quantitative estimate of drug-likeness (QED) is 0.740. The molecule has 106 valence electrons. The topological polar surface area (TPSA) is 65.5 Å². The number of carbonyl (C=O) groups is 1. The fraction of sp³-hybridized carbons (Fsp3) is 0.571. The SMILES string of the molecule is Cc1ccc(C(=O)O)c(NCCCN(C)C(C)C)n1. The van der Waals surface area contributed by atoms with Crippen molar-refractivity contribution in [1.82, 2.24) is 9.88 Å². The molecule has 0 atom stereocenters. The van der Waals surface area contributed by atoms with Gasteiger partial charge in [0.2, 0.25) is 0 Å². The second-order valence-corrected chi connectivity index (χ2v) is 5.01. The molecule has 0 spiro atoms. The Morgan fingerprint density at radius 1 is 1.47 bits per heavy atom. The molecule has 1 aromatic heterocycles. The van der Waals surface area contributed by atoms with Gasteiger partial charge in [-0.15, -0.1) is 0 Å². The maximum Gasteiger partial charge on any atom is 0.339 e. The van der Waals surface area contributed by atoms with Crippen LogP contribution in [-0.2, 0) is 0 Å². The van der Waals surface area contributed by atoms with Gasteiger partial charge in [0.25, 0.3) is 0 Å². The molecule has 19 heavy (non-hydrogen) atoms. The van der Waals surface area contributed by atoms with Crippen LogP contribution in [0.2, 0.25) is 0 Å². The van der Waals surface area contributed by atoms with E-state index in [9.17, 15) is 4.79 Å². The Labute approximate surface area is 114 Å². The summed E-state index contributed by atoms with van der Waals surface area (Å²) in [6, 6.07) is 3.82. The van der Waals surface area contributed by atoms with E-state index in [1.165, 1.54) is 0 Å². The molecule has 1 heterocycles. The zero-order valence-corrected chi connectivity index (χ0v) is 12.1. The van der Waals surface area contributed by atoms with E-state index in [-0.39, 0.29) is 5.56 Å². The number of aromatic carboxylic acids is 1. The Bertz CT molecular complexity index is 433. The molecule has 2 N–H and O–H groups in total. The zero-order chi connectivity index (χ0) is 14.4. The molecule has 0 fully saturated rings. The van der Waals surface area contributed by atoms with Gasteiger partial charge in [-0.2, -0.15) is 0 Å². The third-order valence-corrected chi connectivity index (χ3v) is 3.13. The highest BCUT2D eigenvalue weighted by Gasteiger charge is 2.11. The van der Waals surface area contributed by atoms with E-state index < -0.39 is 5.97 Å². The van der Waals surface area contributed by atoms with E-state index in [0.29, 0.717) is 18.4 Å². The Morgan fingerprint density at radius 2 is 2.16 bits per heavy atom. The molecule has 0 aliphatic heterocycles. The molecule has 0 aliphatic rings. The predicted molar refractivity (Wildman–Crippen MR) is 76.8 cm³/mol. The van der Waals surface area contributed by atoms with Crippen LogP contribution in [0.5, 0.6) is 0 Å². The van der Waals surface area contributed by atoms with Gasteiger partial charge in [0, 0.05) is 18.3 Å². The van der Waals surface area contributed by atoms with Crippen LogP contribution < -0.4 is 5.32 Å². The molecule has 0 radical (unpaired) electrons. The summed E-state index contributed by atoms with van der Waals surface area (Å²) in [5.41, 5.74) is 1.04. The number of hydrogen-bond donors (Lipinski definition) is 2. The van der Waals surface area contributed by atoms with Gasteiger partial charge in [0.1, 0.15) is 11.4 Å². The predicted octanol–water partition coefficient (Wildman–Crippen LogP) is 2.23. The number of nitrogens with one attached hydrogen (secondary N) is 1. The first kappa shape index (κ1) is 15.4. The largest absolute Gasteiger partial charge is 0.478 e. The summed E-state index contributed by atoms with van der Waals surface area (Å²) >= 11 is 0. The van der Waals surface area contributed by atoms with Gasteiger partial charge in [-0.1, -0.05) is 0 Å². The summed E-state index contributed by atoms with van der Waals surface area (Å²) in [4.78, 5) is 17.6. The smallest absolute Gasteiger partial charge is 0.339 e. The molecule has 1 aromatic rings. The van der Waals surface area contributed by atoms with Crippen molar-refractivity contribution < 1.29 is 9.90 Å². The van der Waals surface area contributed by atoms with Crippen molar-refractivity contribution in [2.45, 2.75) is 33.2 Å². The van der Waals surface area contributed by atoms with E-state index in [1.807, 2.05) is 6.92 Å². The number of aryl methyl sites for hydroxylation is 1. The summed E-state index contributed by atoms with van der Waals surface area (Å²) < 4.78 is 0. The van der Waals surface area contributed by atoms with Gasteiger partial charge < -0.3 is 15.3 Å². The van der Waals surface area contributed by atoms with Crippen molar-refractivity contribution in [3.63, 3.8) is 0 Å². The van der Waals surface area contributed by atoms with Crippen molar-refractivity contribution in [3.05, 3.63) is 23.4 Å². The van der Waals surface area contributed by atoms with E-state index in [1.54, 1.807) is 12.1 Å². The lowest BCUT2D eigenvalue weighted by Crippen LogP contribution is -2.28. The number of pyridine rings is 1. The van der Waals surface area contributed by atoms with Gasteiger partial charge >= 0.3 is 5.97 Å². The van der Waals surface area contributed by atoms with E-state index in [0.717, 1.165) is 18.7 Å². The van der Waals surface area contributed by atoms with Crippen LogP contribution in [-0.4, -0.2) is 47.1 Å². The summed E-state index contributed by atoms with van der Waals surface area (Å²) in [6.07, 6.45) is 0.948. The number of aromatic nitrogens is 1. The van der Waals surface area contributed by atoms with E-state index in [4.69, 9.17) is 5.11 Å². The molecule has 0 saturated carbocycles. The fourth-order valence-electron chi connectivity index (χ4n) is 1.66. The maximum atomic E-state index is 11.1. The van der Waals surface area contributed by atoms with Crippen LogP contribution in [0.4, 0.5) is 5.82 Å². The minimum atomic E-state index is -0.950. The van der Waals surface area contributed by atoms with Crippen LogP contribution in [0.1, 0.15) is 36.3 Å². The van der Waals surface area contributed by atoms with E-state index >= 15 is 0 Å². The molecule has 0 aliphatic carbocycles. The van der Waals surface area contributed by atoms with Gasteiger partial charge in [0.15, 0.2) is 0 Å². The van der Waals surface area contributed by atoms with Crippen LogP contribution in [0.15, 0.2) is 12.1 Å². The first-order valence-electron chi connectivity index (χ1n) is 6.57. The van der Waals surface area contributed by atoms with Gasteiger partial charge in [-0.3, -0.25) is 0 Å². The highest BCUT2D eigenvalue weighted by molar-refractivity contribution is 5.93. The molecular weight excluding hydrogens is 242 g/mol. The van der Waals surface area contributed by atoms with Gasteiger partial charge in [-0.25, -0.2) is 9.78 Å². The molecule has 1 rings (SSSR count). The van der Waals surface area contributed by atoms with Gasteiger partial charge in [0.05, 0.1) is 0 Å². The normalized spacial score (nSPS) is 11.1. The van der Waals surface area contributed by atoms with Crippen molar-refractivity contribution in [2.75, 3.05) is 25.5 Å². The molecule has 0 unspecified atom stereocenters. The standard InChI is InChI=1S/C14H23N3O2/c1-10(2)17(4)9-5-8-15-13-12(14(18)19)7-6-11(3)16-13/h6-7,10H,5,8-9H2,1-4H3,(H,15,16)(H,18,19). The lowest BCUT2D eigenvalue weighted by atomic mass is 10.2. The average molecular weight is 265 g/mol. The minimum absolute atomic E-state index is 0.225. The zero-order valence-electron chi connectivity index (χ0n) is 12.1. The van der Waals surface area contributed by atoms with E-state index in [2.05, 4.69) is 36.1 Å². The van der Waals surface area contributed by atoms with Crippen molar-refractivity contribution >= 4 is 11.8 Å². The second kappa shape index (κ2) is 7.09. The summed E-state index contributed by atoms with van der Waals surface area (Å²) in [7, 11) is 2.08. The summed E-state index contributed by atoms with van der Waals surface area (Å²) in [6.45, 7) is 7.84. The molecule has 5 heteroatoms. The number of carboxylic acids is 1. The Kier molecular flexibility index (Phi) is 5.76. The summed E-state index contributed by atoms with van der Waals surface area (Å²) in [5, 5.41) is 12.2. The number of anilines is 1. The molecule has 5 nitrogen and oxygen atoms in total. The lowest BCUT2D eigenvalue weighted by Gasteiger charge is -2.20. The minimum Gasteiger partial charge on any atom is -0.478 e. The molecule has 0 bridgehead atoms. The second-order valence-electron chi connectivity index (χ2n) is 5.01. The number of rotatable bonds is 7. The number of hydrogen-bond acceptors (Lipinski definition) is 4.